The van der Waals surface area contributed by atoms with Crippen LogP contribution in [0.25, 0.3) is 0 Å². The molecule has 0 bridgehead atoms. The van der Waals surface area contributed by atoms with Crippen molar-refractivity contribution >= 4 is 29.1 Å². The van der Waals surface area contributed by atoms with E-state index in [4.69, 9.17) is 16.3 Å². The molecule has 2 fully saturated rings. The average Bonchev–Trinajstić information content (AvgIpc) is 3.24. The highest BCUT2D eigenvalue weighted by atomic mass is 35.5. The molecule has 1 amide bonds. The van der Waals surface area contributed by atoms with Crippen molar-refractivity contribution < 1.29 is 9.53 Å². The lowest BCUT2D eigenvalue weighted by molar-refractivity contribution is -0.0704. The molecule has 2 unspecified atom stereocenters. The highest BCUT2D eigenvalue weighted by Gasteiger charge is 2.24. The summed E-state index contributed by atoms with van der Waals surface area (Å²) in [6.45, 7) is 8.46. The van der Waals surface area contributed by atoms with Gasteiger partial charge in [0.05, 0.1) is 23.4 Å². The first-order valence-electron chi connectivity index (χ1n) is 10.5. The zero-order valence-electron chi connectivity index (χ0n) is 17.5. The van der Waals surface area contributed by atoms with Crippen LogP contribution in [0.1, 0.15) is 42.7 Å². The molecule has 2 aromatic rings. The number of carbonyl (C=O) groups excluding carboxylic acids is 1. The van der Waals surface area contributed by atoms with Crippen molar-refractivity contribution in [3.05, 3.63) is 46.7 Å². The molecule has 30 heavy (non-hydrogen) atoms. The Bertz CT molecular complexity index is 893. The maximum absolute atomic E-state index is 13.0. The van der Waals surface area contributed by atoms with E-state index >= 15 is 0 Å². The summed E-state index contributed by atoms with van der Waals surface area (Å²) < 4.78 is 5.83. The standard InChI is InChI=1S/C22H28ClN5O2/c1-15-12-27(13-16(2)30-15)14-17-7-3-4-8-19(17)25-21(29)20-18(23)11-24-22(26-20)28-9-5-6-10-28/h3-4,7-8,11,15-16H,5-6,9-10,12-14H2,1-2H3,(H,25,29). The third-order valence-corrected chi connectivity index (χ3v) is 5.77. The molecule has 8 heteroatoms. The molecule has 2 atom stereocenters. The average molecular weight is 430 g/mol. The van der Waals surface area contributed by atoms with Gasteiger partial charge in [-0.25, -0.2) is 9.97 Å². The fraction of sp³-hybridized carbons (Fsp3) is 0.500. The maximum Gasteiger partial charge on any atom is 0.276 e. The van der Waals surface area contributed by atoms with Gasteiger partial charge >= 0.3 is 0 Å². The van der Waals surface area contributed by atoms with Gasteiger partial charge in [-0.05, 0) is 38.3 Å². The van der Waals surface area contributed by atoms with Gasteiger partial charge in [0.2, 0.25) is 5.95 Å². The van der Waals surface area contributed by atoms with E-state index in [2.05, 4.69) is 38.9 Å². The third kappa shape index (κ3) is 4.91. The van der Waals surface area contributed by atoms with Crippen molar-refractivity contribution in [2.45, 2.75) is 45.4 Å². The number of anilines is 2. The molecule has 3 heterocycles. The first-order valence-corrected chi connectivity index (χ1v) is 10.9. The molecule has 2 aliphatic rings. The van der Waals surface area contributed by atoms with E-state index < -0.39 is 0 Å². The quantitative estimate of drug-likeness (QED) is 0.783. The van der Waals surface area contributed by atoms with Crippen LogP contribution in [-0.2, 0) is 11.3 Å². The fourth-order valence-electron chi connectivity index (χ4n) is 4.20. The van der Waals surface area contributed by atoms with E-state index in [1.165, 1.54) is 6.20 Å². The second kappa shape index (κ2) is 9.29. The number of nitrogens with zero attached hydrogens (tertiary/aromatic N) is 4. The number of benzene rings is 1. The minimum absolute atomic E-state index is 0.194. The molecule has 0 spiro atoms. The number of hydrogen-bond acceptors (Lipinski definition) is 6. The Labute approximate surface area is 182 Å². The van der Waals surface area contributed by atoms with Crippen molar-refractivity contribution in [3.63, 3.8) is 0 Å². The van der Waals surface area contributed by atoms with Gasteiger partial charge in [-0.2, -0.15) is 0 Å². The topological polar surface area (TPSA) is 70.6 Å². The molecular formula is C22H28ClN5O2. The van der Waals surface area contributed by atoms with E-state index in [0.29, 0.717) is 5.95 Å². The number of halogens is 1. The number of morpholine rings is 1. The molecule has 0 saturated carbocycles. The van der Waals surface area contributed by atoms with Gasteiger partial charge < -0.3 is 15.0 Å². The number of carbonyl (C=O) groups is 1. The van der Waals surface area contributed by atoms with Crippen LogP contribution in [-0.4, -0.2) is 59.2 Å². The van der Waals surface area contributed by atoms with Crippen LogP contribution in [0.2, 0.25) is 5.02 Å². The van der Waals surface area contributed by atoms with Crippen LogP contribution in [0, 0.1) is 0 Å². The van der Waals surface area contributed by atoms with Gasteiger partial charge in [-0.3, -0.25) is 9.69 Å². The van der Waals surface area contributed by atoms with Crippen LogP contribution in [0.15, 0.2) is 30.5 Å². The molecule has 2 saturated heterocycles. The zero-order valence-corrected chi connectivity index (χ0v) is 18.2. The summed E-state index contributed by atoms with van der Waals surface area (Å²) in [4.78, 5) is 26.2. The van der Waals surface area contributed by atoms with Gasteiger partial charge in [0.15, 0.2) is 5.69 Å². The van der Waals surface area contributed by atoms with E-state index in [0.717, 1.165) is 56.8 Å². The number of aromatic nitrogens is 2. The first-order chi connectivity index (χ1) is 14.5. The van der Waals surface area contributed by atoms with Gasteiger partial charge in [-0.1, -0.05) is 29.8 Å². The fourth-order valence-corrected chi connectivity index (χ4v) is 4.38. The predicted octanol–water partition coefficient (Wildman–Crippen LogP) is 3.59. The summed E-state index contributed by atoms with van der Waals surface area (Å²) in [5, 5.41) is 3.26. The van der Waals surface area contributed by atoms with Gasteiger partial charge in [-0.15, -0.1) is 0 Å². The zero-order chi connectivity index (χ0) is 21.1. The molecule has 160 valence electrons. The van der Waals surface area contributed by atoms with Crippen molar-refractivity contribution in [3.8, 4) is 0 Å². The largest absolute Gasteiger partial charge is 0.373 e. The van der Waals surface area contributed by atoms with Gasteiger partial charge in [0.1, 0.15) is 0 Å². The molecule has 2 aliphatic heterocycles. The smallest absolute Gasteiger partial charge is 0.276 e. The van der Waals surface area contributed by atoms with E-state index in [-0.39, 0.29) is 28.8 Å². The number of amides is 1. The summed E-state index contributed by atoms with van der Waals surface area (Å²) >= 11 is 6.27. The lowest BCUT2D eigenvalue weighted by atomic mass is 10.1. The van der Waals surface area contributed by atoms with Crippen LogP contribution in [0.4, 0.5) is 11.6 Å². The van der Waals surface area contributed by atoms with Crippen molar-refractivity contribution in [2.24, 2.45) is 0 Å². The summed E-state index contributed by atoms with van der Waals surface area (Å²) in [6, 6.07) is 7.86. The normalized spacial score (nSPS) is 22.3. The molecule has 0 aliphatic carbocycles. The van der Waals surface area contributed by atoms with Crippen molar-refractivity contribution in [1.29, 1.82) is 0 Å². The Kier molecular flexibility index (Phi) is 6.51. The van der Waals surface area contributed by atoms with E-state index in [9.17, 15) is 4.79 Å². The summed E-state index contributed by atoms with van der Waals surface area (Å²) in [7, 11) is 0. The van der Waals surface area contributed by atoms with Crippen LogP contribution in [0.5, 0.6) is 0 Å². The number of para-hydroxylation sites is 1. The number of ether oxygens (including phenoxy) is 1. The maximum atomic E-state index is 13.0. The minimum Gasteiger partial charge on any atom is -0.373 e. The van der Waals surface area contributed by atoms with E-state index in [1.807, 2.05) is 24.3 Å². The minimum atomic E-state index is -0.320. The molecule has 1 N–H and O–H groups in total. The van der Waals surface area contributed by atoms with Crippen LogP contribution in [0.3, 0.4) is 0 Å². The van der Waals surface area contributed by atoms with Crippen molar-refractivity contribution in [2.75, 3.05) is 36.4 Å². The monoisotopic (exact) mass is 429 g/mol. The van der Waals surface area contributed by atoms with Gasteiger partial charge in [0.25, 0.3) is 5.91 Å². The van der Waals surface area contributed by atoms with E-state index in [1.54, 1.807) is 0 Å². The van der Waals surface area contributed by atoms with Crippen molar-refractivity contribution in [1.82, 2.24) is 14.9 Å². The highest BCUT2D eigenvalue weighted by molar-refractivity contribution is 6.34. The second-order valence-corrected chi connectivity index (χ2v) is 8.53. The molecule has 1 aromatic heterocycles. The molecule has 1 aromatic carbocycles. The molecule has 4 rings (SSSR count). The Morgan fingerprint density at radius 3 is 2.63 bits per heavy atom. The number of hydrogen-bond donors (Lipinski definition) is 1. The predicted molar refractivity (Wildman–Crippen MR) is 118 cm³/mol. The summed E-state index contributed by atoms with van der Waals surface area (Å²) in [5.74, 6) is 0.241. The highest BCUT2D eigenvalue weighted by Crippen LogP contribution is 2.23. The summed E-state index contributed by atoms with van der Waals surface area (Å²) in [6.07, 6.45) is 4.12. The molecule has 0 radical (unpaired) electrons. The third-order valence-electron chi connectivity index (χ3n) is 5.49. The lowest BCUT2D eigenvalue weighted by Gasteiger charge is -2.35. The molecule has 7 nitrogen and oxygen atoms in total. The number of rotatable bonds is 5. The summed E-state index contributed by atoms with van der Waals surface area (Å²) in [5.41, 5.74) is 2.03. The van der Waals surface area contributed by atoms with Gasteiger partial charge in [0, 0.05) is 38.4 Å². The van der Waals surface area contributed by atoms with Crippen LogP contribution < -0.4 is 10.2 Å². The Morgan fingerprint density at radius 1 is 1.20 bits per heavy atom. The Balaban J connectivity index is 1.51. The number of nitrogens with one attached hydrogen (secondary N) is 1. The first kappa shape index (κ1) is 21.0. The SMILES string of the molecule is CC1CN(Cc2ccccc2NC(=O)c2nc(N3CCCC3)ncc2Cl)CC(C)O1. The van der Waals surface area contributed by atoms with Crippen LogP contribution >= 0.6 is 11.6 Å². The lowest BCUT2D eigenvalue weighted by Crippen LogP contribution is -2.44. The Morgan fingerprint density at radius 2 is 1.90 bits per heavy atom. The molecular weight excluding hydrogens is 402 g/mol. The Hall–Kier alpha value is -2.22. The second-order valence-electron chi connectivity index (χ2n) is 8.12.